The van der Waals surface area contributed by atoms with E-state index in [4.69, 9.17) is 4.74 Å². The van der Waals surface area contributed by atoms with Crippen molar-refractivity contribution in [3.8, 4) is 0 Å². The lowest BCUT2D eigenvalue weighted by atomic mass is 10.2. The van der Waals surface area contributed by atoms with Crippen LogP contribution in [0, 0.1) is 0 Å². The van der Waals surface area contributed by atoms with E-state index in [9.17, 15) is 9.59 Å². The number of pyridine rings is 1. The zero-order valence-electron chi connectivity index (χ0n) is 17.2. The summed E-state index contributed by atoms with van der Waals surface area (Å²) < 4.78 is 5.17. The number of alkyl carbamates (subject to hydrolysis) is 1. The largest absolute Gasteiger partial charge is 0.445 e. The number of ether oxygens (including phenoxy) is 1. The molecule has 0 saturated carbocycles. The molecule has 0 unspecified atom stereocenters. The van der Waals surface area contributed by atoms with Gasteiger partial charge in [-0.05, 0) is 24.1 Å². The van der Waals surface area contributed by atoms with Gasteiger partial charge in [-0.25, -0.2) is 14.8 Å². The molecule has 0 spiro atoms. The van der Waals surface area contributed by atoms with Gasteiger partial charge in [-0.1, -0.05) is 41.7 Å². The molecule has 3 heterocycles. The Labute approximate surface area is 184 Å². The first-order valence-electron chi connectivity index (χ1n) is 10.4. The summed E-state index contributed by atoms with van der Waals surface area (Å²) in [6.07, 6.45) is 2.31. The van der Waals surface area contributed by atoms with Crippen molar-refractivity contribution in [3.05, 3.63) is 54.2 Å². The van der Waals surface area contributed by atoms with Gasteiger partial charge in [0.1, 0.15) is 17.0 Å². The van der Waals surface area contributed by atoms with E-state index in [2.05, 4.69) is 20.2 Å². The summed E-state index contributed by atoms with van der Waals surface area (Å²) >= 11 is 1.58. The number of piperazine rings is 1. The summed E-state index contributed by atoms with van der Waals surface area (Å²) in [5.41, 5.74) is 1.85. The third-order valence-corrected chi connectivity index (χ3v) is 6.15. The van der Waals surface area contributed by atoms with Crippen molar-refractivity contribution in [1.82, 2.24) is 20.2 Å². The molecule has 4 rings (SSSR count). The quantitative estimate of drug-likeness (QED) is 0.570. The van der Waals surface area contributed by atoms with Crippen LogP contribution in [0.25, 0.3) is 10.3 Å². The Morgan fingerprint density at radius 2 is 1.87 bits per heavy atom. The summed E-state index contributed by atoms with van der Waals surface area (Å²) in [6, 6.07) is 13.4. The number of rotatable bonds is 7. The molecule has 2 amide bonds. The van der Waals surface area contributed by atoms with Crippen molar-refractivity contribution in [3.63, 3.8) is 0 Å². The molecular formula is C22H25N5O3S. The van der Waals surface area contributed by atoms with E-state index in [1.54, 1.807) is 17.5 Å². The number of anilines is 1. The molecular weight excluding hydrogens is 414 g/mol. The molecule has 1 aliphatic heterocycles. The SMILES string of the molecule is O=C(NCCCC(=O)N1CCN(c2nc3cccnc3s2)CC1)OCc1ccccc1. The van der Waals surface area contributed by atoms with Crippen LogP contribution in [-0.2, 0) is 16.1 Å². The molecule has 1 fully saturated rings. The van der Waals surface area contributed by atoms with Crippen LogP contribution in [0.15, 0.2) is 48.7 Å². The van der Waals surface area contributed by atoms with Crippen LogP contribution in [0.4, 0.5) is 9.93 Å². The van der Waals surface area contributed by atoms with Crippen molar-refractivity contribution in [2.24, 2.45) is 0 Å². The lowest BCUT2D eigenvalue weighted by Gasteiger charge is -2.34. The maximum Gasteiger partial charge on any atom is 0.407 e. The first-order chi connectivity index (χ1) is 15.2. The number of nitrogens with zero attached hydrogens (tertiary/aromatic N) is 4. The summed E-state index contributed by atoms with van der Waals surface area (Å²) in [4.78, 5) is 38.3. The highest BCUT2D eigenvalue weighted by atomic mass is 32.1. The van der Waals surface area contributed by atoms with E-state index in [1.807, 2.05) is 47.4 Å². The van der Waals surface area contributed by atoms with Crippen molar-refractivity contribution in [2.75, 3.05) is 37.6 Å². The fraction of sp³-hybridized carbons (Fsp3) is 0.364. The van der Waals surface area contributed by atoms with Crippen molar-refractivity contribution in [1.29, 1.82) is 0 Å². The van der Waals surface area contributed by atoms with Crippen LogP contribution in [0.1, 0.15) is 18.4 Å². The molecule has 3 aromatic rings. The Bertz CT molecular complexity index is 985. The second kappa shape index (κ2) is 10.2. The lowest BCUT2D eigenvalue weighted by molar-refractivity contribution is -0.131. The lowest BCUT2D eigenvalue weighted by Crippen LogP contribution is -2.48. The summed E-state index contributed by atoms with van der Waals surface area (Å²) in [5, 5.41) is 3.66. The number of carbonyl (C=O) groups excluding carboxylic acids is 2. The minimum Gasteiger partial charge on any atom is -0.445 e. The zero-order valence-corrected chi connectivity index (χ0v) is 18.0. The highest BCUT2D eigenvalue weighted by molar-refractivity contribution is 7.21. The molecule has 0 atom stereocenters. The Balaban J connectivity index is 1.13. The Morgan fingerprint density at radius 1 is 1.06 bits per heavy atom. The summed E-state index contributed by atoms with van der Waals surface area (Å²) in [5.74, 6) is 0.116. The number of hydrogen-bond donors (Lipinski definition) is 1. The molecule has 1 N–H and O–H groups in total. The molecule has 1 saturated heterocycles. The van der Waals surface area contributed by atoms with Crippen LogP contribution in [0.5, 0.6) is 0 Å². The van der Waals surface area contributed by atoms with E-state index in [1.165, 1.54) is 0 Å². The molecule has 8 nitrogen and oxygen atoms in total. The second-order valence-corrected chi connectivity index (χ2v) is 8.24. The van der Waals surface area contributed by atoms with Gasteiger partial charge in [-0.2, -0.15) is 0 Å². The predicted octanol–water partition coefficient (Wildman–Crippen LogP) is 3.05. The molecule has 2 aromatic heterocycles. The molecule has 0 bridgehead atoms. The van der Waals surface area contributed by atoms with E-state index in [0.717, 1.165) is 34.1 Å². The van der Waals surface area contributed by atoms with Crippen molar-refractivity contribution in [2.45, 2.75) is 19.4 Å². The normalized spacial score (nSPS) is 13.9. The van der Waals surface area contributed by atoms with Gasteiger partial charge in [0, 0.05) is 45.3 Å². The minimum atomic E-state index is -0.463. The average Bonchev–Trinajstić information content (AvgIpc) is 3.25. The van der Waals surface area contributed by atoms with E-state index < -0.39 is 6.09 Å². The van der Waals surface area contributed by atoms with Gasteiger partial charge >= 0.3 is 6.09 Å². The van der Waals surface area contributed by atoms with Crippen LogP contribution in [0.2, 0.25) is 0 Å². The number of nitrogens with one attached hydrogen (secondary N) is 1. The van der Waals surface area contributed by atoms with E-state index in [0.29, 0.717) is 32.5 Å². The summed E-state index contributed by atoms with van der Waals surface area (Å²) in [6.45, 7) is 3.52. The fourth-order valence-electron chi connectivity index (χ4n) is 3.40. The number of amides is 2. The molecule has 31 heavy (non-hydrogen) atoms. The monoisotopic (exact) mass is 439 g/mol. The minimum absolute atomic E-state index is 0.116. The second-order valence-electron chi connectivity index (χ2n) is 7.28. The predicted molar refractivity (Wildman–Crippen MR) is 120 cm³/mol. The average molecular weight is 440 g/mol. The molecule has 0 aliphatic carbocycles. The van der Waals surface area contributed by atoms with Crippen molar-refractivity contribution >= 4 is 38.8 Å². The number of aromatic nitrogens is 2. The van der Waals surface area contributed by atoms with Gasteiger partial charge < -0.3 is 19.9 Å². The number of carbonyl (C=O) groups is 2. The first-order valence-corrected chi connectivity index (χ1v) is 11.2. The standard InChI is InChI=1S/C22H25N5O3S/c28-19(9-5-11-24-22(29)30-16-17-6-2-1-3-7-17)26-12-14-27(15-13-26)21-25-18-8-4-10-23-20(18)31-21/h1-4,6-8,10H,5,9,11-16H2,(H,24,29). The number of fused-ring (bicyclic) bond motifs is 1. The topological polar surface area (TPSA) is 87.7 Å². The van der Waals surface area contributed by atoms with Gasteiger partial charge in [-0.3, -0.25) is 4.79 Å². The number of benzene rings is 1. The van der Waals surface area contributed by atoms with Gasteiger partial charge in [-0.15, -0.1) is 0 Å². The molecule has 1 aromatic carbocycles. The molecule has 1 aliphatic rings. The molecule has 9 heteroatoms. The number of thiazole rings is 1. The maximum absolute atomic E-state index is 12.5. The van der Waals surface area contributed by atoms with E-state index in [-0.39, 0.29) is 12.5 Å². The van der Waals surface area contributed by atoms with Crippen LogP contribution in [0.3, 0.4) is 0 Å². The van der Waals surface area contributed by atoms with Gasteiger partial charge in [0.25, 0.3) is 0 Å². The number of hydrogen-bond acceptors (Lipinski definition) is 7. The first kappa shape index (κ1) is 21.0. The maximum atomic E-state index is 12.5. The zero-order chi connectivity index (χ0) is 21.5. The van der Waals surface area contributed by atoms with E-state index >= 15 is 0 Å². The van der Waals surface area contributed by atoms with Gasteiger partial charge in [0.15, 0.2) is 5.13 Å². The highest BCUT2D eigenvalue weighted by Gasteiger charge is 2.23. The van der Waals surface area contributed by atoms with Crippen LogP contribution < -0.4 is 10.2 Å². The van der Waals surface area contributed by atoms with Crippen LogP contribution >= 0.6 is 11.3 Å². The molecule has 162 valence electrons. The van der Waals surface area contributed by atoms with Crippen LogP contribution in [-0.4, -0.2) is 59.6 Å². The Kier molecular flexibility index (Phi) is 6.93. The van der Waals surface area contributed by atoms with Gasteiger partial charge in [0.05, 0.1) is 0 Å². The Morgan fingerprint density at radius 3 is 2.65 bits per heavy atom. The third-order valence-electron chi connectivity index (χ3n) is 5.11. The third kappa shape index (κ3) is 5.69. The Hall–Kier alpha value is -3.20. The molecule has 0 radical (unpaired) electrons. The summed E-state index contributed by atoms with van der Waals surface area (Å²) in [7, 11) is 0. The highest BCUT2D eigenvalue weighted by Crippen LogP contribution is 2.27. The van der Waals surface area contributed by atoms with Gasteiger partial charge in [0.2, 0.25) is 5.91 Å². The fourth-order valence-corrected chi connectivity index (χ4v) is 4.36. The smallest absolute Gasteiger partial charge is 0.407 e. The van der Waals surface area contributed by atoms with Crippen molar-refractivity contribution < 1.29 is 14.3 Å².